The lowest BCUT2D eigenvalue weighted by Crippen LogP contribution is -2.47. The average Bonchev–Trinajstić information content (AvgIpc) is 3.37. The van der Waals surface area contributed by atoms with Crippen molar-refractivity contribution in [1.82, 2.24) is 19.5 Å². The summed E-state index contributed by atoms with van der Waals surface area (Å²) in [5, 5.41) is 5.35. The van der Waals surface area contributed by atoms with Gasteiger partial charge in [0, 0.05) is 37.7 Å². The van der Waals surface area contributed by atoms with Gasteiger partial charge in [-0.25, -0.2) is 9.50 Å². The van der Waals surface area contributed by atoms with Gasteiger partial charge in [0.25, 0.3) is 5.91 Å². The van der Waals surface area contributed by atoms with Gasteiger partial charge >= 0.3 is 0 Å². The number of piperidine rings is 1. The molecule has 4 heterocycles. The second-order valence-electron chi connectivity index (χ2n) is 7.15. The summed E-state index contributed by atoms with van der Waals surface area (Å²) in [5.74, 6) is -0.608. The standard InChI is InChI=1S/C20H18Cl2N4O3/c21-15-2-1-13(11-16(15)22)17-3-6-23-18-14(12-24-26(17)18)19(27)25-7-4-20(5-8-25)28-9-10-29-20/h1-3,6,11-12H,4-5,7-10H2. The smallest absolute Gasteiger partial charge is 0.259 e. The Bertz CT molecular complexity index is 1080. The maximum atomic E-state index is 13.1. The summed E-state index contributed by atoms with van der Waals surface area (Å²) in [7, 11) is 0. The van der Waals surface area contributed by atoms with Crippen LogP contribution >= 0.6 is 23.2 Å². The topological polar surface area (TPSA) is 69.0 Å². The number of carbonyl (C=O) groups excluding carboxylic acids is 1. The lowest BCUT2D eigenvalue weighted by atomic mass is 10.0. The highest BCUT2D eigenvalue weighted by atomic mass is 35.5. The van der Waals surface area contributed by atoms with E-state index in [0.717, 1.165) is 11.3 Å². The van der Waals surface area contributed by atoms with E-state index in [-0.39, 0.29) is 5.91 Å². The first-order chi connectivity index (χ1) is 14.1. The molecule has 2 aliphatic rings. The highest BCUT2D eigenvalue weighted by Gasteiger charge is 2.41. The van der Waals surface area contributed by atoms with Crippen molar-refractivity contribution in [2.75, 3.05) is 26.3 Å². The fourth-order valence-corrected chi connectivity index (χ4v) is 4.22. The third kappa shape index (κ3) is 3.28. The number of hydrogen-bond acceptors (Lipinski definition) is 5. The van der Waals surface area contributed by atoms with Crippen molar-refractivity contribution in [3.05, 3.63) is 52.3 Å². The summed E-state index contributed by atoms with van der Waals surface area (Å²) >= 11 is 12.2. The minimum absolute atomic E-state index is 0.0911. The van der Waals surface area contributed by atoms with Gasteiger partial charge in [0.05, 0.1) is 35.1 Å². The number of ether oxygens (including phenoxy) is 2. The summed E-state index contributed by atoms with van der Waals surface area (Å²) in [4.78, 5) is 19.3. The maximum absolute atomic E-state index is 13.1. The largest absolute Gasteiger partial charge is 0.347 e. The quantitative estimate of drug-likeness (QED) is 0.617. The third-order valence-electron chi connectivity index (χ3n) is 5.47. The average molecular weight is 433 g/mol. The Kier molecular flexibility index (Phi) is 4.70. The fraction of sp³-hybridized carbons (Fsp3) is 0.350. The molecule has 7 nitrogen and oxygen atoms in total. The molecule has 9 heteroatoms. The summed E-state index contributed by atoms with van der Waals surface area (Å²) in [6.45, 7) is 2.37. The maximum Gasteiger partial charge on any atom is 0.259 e. The molecule has 2 aliphatic heterocycles. The molecule has 29 heavy (non-hydrogen) atoms. The number of hydrogen-bond donors (Lipinski definition) is 0. The van der Waals surface area contributed by atoms with Crippen LogP contribution < -0.4 is 0 Å². The van der Waals surface area contributed by atoms with Gasteiger partial charge < -0.3 is 14.4 Å². The molecule has 2 saturated heterocycles. The Hall–Kier alpha value is -2.19. The van der Waals surface area contributed by atoms with Crippen LogP contribution in [0, 0.1) is 0 Å². The van der Waals surface area contributed by atoms with Crippen LogP contribution in [0.5, 0.6) is 0 Å². The Morgan fingerprint density at radius 2 is 1.83 bits per heavy atom. The molecule has 0 aliphatic carbocycles. The first kappa shape index (κ1) is 18.8. The number of likely N-dealkylation sites (tertiary alicyclic amines) is 1. The van der Waals surface area contributed by atoms with Crippen molar-refractivity contribution >= 4 is 34.8 Å². The SMILES string of the molecule is O=C(c1cnn2c(-c3ccc(Cl)c(Cl)c3)ccnc12)N1CCC2(CC1)OCCO2. The zero-order valence-corrected chi connectivity index (χ0v) is 17.0. The van der Waals surface area contributed by atoms with Crippen LogP contribution in [0.2, 0.25) is 10.0 Å². The van der Waals surface area contributed by atoms with E-state index in [1.54, 1.807) is 33.9 Å². The number of amides is 1. The monoisotopic (exact) mass is 432 g/mol. The molecule has 1 spiro atoms. The molecule has 0 bridgehead atoms. The summed E-state index contributed by atoms with van der Waals surface area (Å²) in [5.41, 5.74) is 2.59. The fourth-order valence-electron chi connectivity index (χ4n) is 3.92. The van der Waals surface area contributed by atoms with E-state index < -0.39 is 5.79 Å². The summed E-state index contributed by atoms with van der Waals surface area (Å²) < 4.78 is 13.1. The predicted molar refractivity (Wildman–Crippen MR) is 108 cm³/mol. The van der Waals surface area contributed by atoms with E-state index in [2.05, 4.69) is 10.1 Å². The van der Waals surface area contributed by atoms with Crippen LogP contribution in [0.25, 0.3) is 16.9 Å². The number of nitrogens with zero attached hydrogens (tertiary/aromatic N) is 4. The molecular formula is C20H18Cl2N4O3. The van der Waals surface area contributed by atoms with Gasteiger partial charge in [-0.05, 0) is 18.2 Å². The van der Waals surface area contributed by atoms with Crippen LogP contribution in [0.15, 0.2) is 36.7 Å². The van der Waals surface area contributed by atoms with Gasteiger partial charge in [0.2, 0.25) is 0 Å². The molecular weight excluding hydrogens is 415 g/mol. The van der Waals surface area contributed by atoms with Gasteiger partial charge in [-0.3, -0.25) is 4.79 Å². The van der Waals surface area contributed by atoms with E-state index >= 15 is 0 Å². The minimum atomic E-state index is -0.517. The molecule has 1 aromatic carbocycles. The number of rotatable bonds is 2. The normalized spacial score (nSPS) is 18.6. The molecule has 5 rings (SSSR count). The zero-order chi connectivity index (χ0) is 20.0. The number of carbonyl (C=O) groups is 1. The van der Waals surface area contributed by atoms with Crippen LogP contribution in [0.4, 0.5) is 0 Å². The van der Waals surface area contributed by atoms with E-state index in [9.17, 15) is 4.79 Å². The first-order valence-corrected chi connectivity index (χ1v) is 10.2. The summed E-state index contributed by atoms with van der Waals surface area (Å²) in [6.07, 6.45) is 4.56. The lowest BCUT2D eigenvalue weighted by molar-refractivity contribution is -0.181. The first-order valence-electron chi connectivity index (χ1n) is 9.42. The lowest BCUT2D eigenvalue weighted by Gasteiger charge is -2.37. The van der Waals surface area contributed by atoms with Gasteiger partial charge in [-0.15, -0.1) is 0 Å². The third-order valence-corrected chi connectivity index (χ3v) is 6.21. The Morgan fingerprint density at radius 3 is 2.55 bits per heavy atom. The molecule has 2 fully saturated rings. The van der Waals surface area contributed by atoms with Crippen molar-refractivity contribution in [2.45, 2.75) is 18.6 Å². The Labute approximate surface area is 177 Å². The predicted octanol–water partition coefficient (Wildman–Crippen LogP) is 3.68. The minimum Gasteiger partial charge on any atom is -0.347 e. The van der Waals surface area contributed by atoms with Crippen LogP contribution in [0.3, 0.4) is 0 Å². The van der Waals surface area contributed by atoms with Crippen LogP contribution in [-0.4, -0.2) is 57.5 Å². The second-order valence-corrected chi connectivity index (χ2v) is 7.97. The molecule has 150 valence electrons. The molecule has 0 radical (unpaired) electrons. The van der Waals surface area contributed by atoms with Crippen molar-refractivity contribution < 1.29 is 14.3 Å². The molecule has 0 unspecified atom stereocenters. The van der Waals surface area contributed by atoms with Crippen molar-refractivity contribution in [3.8, 4) is 11.3 Å². The molecule has 0 atom stereocenters. The van der Waals surface area contributed by atoms with E-state index in [1.165, 1.54) is 0 Å². The Morgan fingerprint density at radius 1 is 1.07 bits per heavy atom. The van der Waals surface area contributed by atoms with E-state index in [0.29, 0.717) is 60.4 Å². The molecule has 0 saturated carbocycles. The number of aromatic nitrogens is 3. The summed E-state index contributed by atoms with van der Waals surface area (Å²) in [6, 6.07) is 7.19. The molecule has 3 aromatic rings. The highest BCUT2D eigenvalue weighted by Crippen LogP contribution is 2.32. The number of fused-ring (bicyclic) bond motifs is 1. The van der Waals surface area contributed by atoms with E-state index in [1.807, 2.05) is 12.1 Å². The Balaban J connectivity index is 1.44. The van der Waals surface area contributed by atoms with Crippen LogP contribution in [0.1, 0.15) is 23.2 Å². The molecule has 2 aromatic heterocycles. The second kappa shape index (κ2) is 7.25. The van der Waals surface area contributed by atoms with Crippen molar-refractivity contribution in [3.63, 3.8) is 0 Å². The van der Waals surface area contributed by atoms with Gasteiger partial charge in [-0.1, -0.05) is 29.3 Å². The van der Waals surface area contributed by atoms with Gasteiger partial charge in [-0.2, -0.15) is 5.10 Å². The zero-order valence-electron chi connectivity index (χ0n) is 15.5. The number of benzene rings is 1. The van der Waals surface area contributed by atoms with Crippen molar-refractivity contribution in [2.24, 2.45) is 0 Å². The van der Waals surface area contributed by atoms with E-state index in [4.69, 9.17) is 32.7 Å². The van der Waals surface area contributed by atoms with Gasteiger partial charge in [0.15, 0.2) is 11.4 Å². The molecule has 0 N–H and O–H groups in total. The molecule has 1 amide bonds. The van der Waals surface area contributed by atoms with Crippen LogP contribution in [-0.2, 0) is 9.47 Å². The van der Waals surface area contributed by atoms with Gasteiger partial charge in [0.1, 0.15) is 5.56 Å². The highest BCUT2D eigenvalue weighted by molar-refractivity contribution is 6.42. The number of halogens is 2. The van der Waals surface area contributed by atoms with Crippen molar-refractivity contribution in [1.29, 1.82) is 0 Å².